The molecule has 0 spiro atoms. The van der Waals surface area contributed by atoms with Crippen molar-refractivity contribution in [3.05, 3.63) is 30.0 Å². The highest BCUT2D eigenvalue weighted by Crippen LogP contribution is 2.17. The molecular weight excluding hydrogens is 180 g/mol. The Morgan fingerprint density at radius 1 is 1.36 bits per heavy atom. The van der Waals surface area contributed by atoms with Gasteiger partial charge in [-0.2, -0.15) is 0 Å². The summed E-state index contributed by atoms with van der Waals surface area (Å²) in [6.07, 6.45) is 1.65. The van der Waals surface area contributed by atoms with E-state index in [-0.39, 0.29) is 6.61 Å². The maximum absolute atomic E-state index is 9.09. The summed E-state index contributed by atoms with van der Waals surface area (Å²) in [6, 6.07) is 5.31. The topological polar surface area (TPSA) is 55.2 Å². The molecule has 0 bridgehead atoms. The van der Waals surface area contributed by atoms with Crippen LogP contribution in [0.1, 0.15) is 5.56 Å². The molecule has 0 radical (unpaired) electrons. The van der Waals surface area contributed by atoms with Crippen molar-refractivity contribution < 1.29 is 9.84 Å². The summed E-state index contributed by atoms with van der Waals surface area (Å²) in [4.78, 5) is 8.36. The molecule has 0 aliphatic heterocycles. The molecule has 2 rings (SSSR count). The van der Waals surface area contributed by atoms with Crippen molar-refractivity contribution in [1.29, 1.82) is 0 Å². The molecule has 4 nitrogen and oxygen atoms in total. The van der Waals surface area contributed by atoms with E-state index in [1.54, 1.807) is 25.4 Å². The van der Waals surface area contributed by atoms with E-state index in [0.29, 0.717) is 11.4 Å². The van der Waals surface area contributed by atoms with Crippen LogP contribution in [0.15, 0.2) is 24.4 Å². The van der Waals surface area contributed by atoms with Crippen LogP contribution in [0, 0.1) is 0 Å². The first kappa shape index (κ1) is 8.90. The van der Waals surface area contributed by atoms with Crippen molar-refractivity contribution in [2.75, 3.05) is 7.11 Å². The Labute approximate surface area is 81.2 Å². The number of fused-ring (bicyclic) bond motifs is 1. The fourth-order valence-electron chi connectivity index (χ4n) is 1.30. The Morgan fingerprint density at radius 2 is 2.21 bits per heavy atom. The minimum atomic E-state index is -0.0425. The van der Waals surface area contributed by atoms with Crippen LogP contribution in [0.25, 0.3) is 11.0 Å². The lowest BCUT2D eigenvalue weighted by molar-refractivity contribution is 0.283. The van der Waals surface area contributed by atoms with E-state index in [2.05, 4.69) is 9.97 Å². The molecule has 0 atom stereocenters. The van der Waals surface area contributed by atoms with Crippen molar-refractivity contribution in [1.82, 2.24) is 9.97 Å². The fraction of sp³-hybridized carbons (Fsp3) is 0.200. The molecule has 2 heterocycles. The van der Waals surface area contributed by atoms with Crippen molar-refractivity contribution in [2.24, 2.45) is 0 Å². The van der Waals surface area contributed by atoms with Crippen molar-refractivity contribution in [2.45, 2.75) is 6.61 Å². The third-order valence-electron chi connectivity index (χ3n) is 2.02. The summed E-state index contributed by atoms with van der Waals surface area (Å²) in [5.41, 5.74) is 2.21. The number of pyridine rings is 2. The first-order valence-electron chi connectivity index (χ1n) is 4.24. The minimum Gasteiger partial charge on any atom is -0.481 e. The molecule has 0 saturated heterocycles. The van der Waals surface area contributed by atoms with Gasteiger partial charge >= 0.3 is 0 Å². The minimum absolute atomic E-state index is 0.0425. The van der Waals surface area contributed by atoms with E-state index < -0.39 is 0 Å². The molecule has 0 unspecified atom stereocenters. The second-order valence-electron chi connectivity index (χ2n) is 2.85. The van der Waals surface area contributed by atoms with Crippen LogP contribution in [-0.2, 0) is 6.61 Å². The zero-order chi connectivity index (χ0) is 9.97. The number of ether oxygens (including phenoxy) is 1. The van der Waals surface area contributed by atoms with E-state index in [1.807, 2.05) is 6.07 Å². The summed E-state index contributed by atoms with van der Waals surface area (Å²) in [7, 11) is 1.56. The Hall–Kier alpha value is -1.68. The average Bonchev–Trinajstić information content (AvgIpc) is 2.27. The number of aliphatic hydroxyl groups is 1. The fourth-order valence-corrected chi connectivity index (χ4v) is 1.30. The van der Waals surface area contributed by atoms with Gasteiger partial charge in [0.15, 0.2) is 0 Å². The molecular formula is C10H10N2O2. The molecule has 2 aromatic heterocycles. The number of methoxy groups -OCH3 is 1. The Kier molecular flexibility index (Phi) is 2.28. The number of hydrogen-bond acceptors (Lipinski definition) is 4. The normalized spacial score (nSPS) is 10.4. The van der Waals surface area contributed by atoms with Gasteiger partial charge < -0.3 is 9.84 Å². The predicted octanol–water partition coefficient (Wildman–Crippen LogP) is 1.13. The van der Waals surface area contributed by atoms with Crippen molar-refractivity contribution in [3.8, 4) is 5.88 Å². The molecule has 0 amide bonds. The van der Waals surface area contributed by atoms with Crippen LogP contribution in [0.2, 0.25) is 0 Å². The number of nitrogens with zero attached hydrogens (tertiary/aromatic N) is 2. The van der Waals surface area contributed by atoms with Gasteiger partial charge in [-0.15, -0.1) is 0 Å². The first-order chi connectivity index (χ1) is 6.85. The summed E-state index contributed by atoms with van der Waals surface area (Å²) in [6.45, 7) is -0.0425. The molecule has 0 saturated carbocycles. The quantitative estimate of drug-likeness (QED) is 0.771. The van der Waals surface area contributed by atoms with Crippen molar-refractivity contribution >= 4 is 11.0 Å². The second kappa shape index (κ2) is 3.59. The van der Waals surface area contributed by atoms with E-state index in [9.17, 15) is 0 Å². The van der Waals surface area contributed by atoms with E-state index in [1.165, 1.54) is 0 Å². The third-order valence-corrected chi connectivity index (χ3v) is 2.02. The lowest BCUT2D eigenvalue weighted by Gasteiger charge is -2.03. The van der Waals surface area contributed by atoms with E-state index in [4.69, 9.17) is 9.84 Å². The molecule has 0 fully saturated rings. The Morgan fingerprint density at radius 3 is 2.93 bits per heavy atom. The molecule has 0 aromatic carbocycles. The van der Waals surface area contributed by atoms with Crippen LogP contribution in [0.3, 0.4) is 0 Å². The van der Waals surface area contributed by atoms with Gasteiger partial charge in [0.05, 0.1) is 24.8 Å². The van der Waals surface area contributed by atoms with E-state index in [0.717, 1.165) is 11.1 Å². The Balaban J connectivity index is 2.70. The molecule has 0 aliphatic carbocycles. The van der Waals surface area contributed by atoms with Gasteiger partial charge in [0.25, 0.3) is 0 Å². The van der Waals surface area contributed by atoms with Gasteiger partial charge in [0.1, 0.15) is 0 Å². The van der Waals surface area contributed by atoms with Crippen LogP contribution in [-0.4, -0.2) is 22.2 Å². The van der Waals surface area contributed by atoms with Crippen molar-refractivity contribution in [3.63, 3.8) is 0 Å². The molecule has 72 valence electrons. The highest BCUT2D eigenvalue weighted by Gasteiger charge is 2.03. The summed E-state index contributed by atoms with van der Waals surface area (Å²) < 4.78 is 5.00. The number of hydrogen-bond donors (Lipinski definition) is 1. The monoisotopic (exact) mass is 190 g/mol. The number of rotatable bonds is 2. The molecule has 14 heavy (non-hydrogen) atoms. The Bertz CT molecular complexity index is 457. The first-order valence-corrected chi connectivity index (χ1v) is 4.24. The summed E-state index contributed by atoms with van der Waals surface area (Å²) >= 11 is 0. The third kappa shape index (κ3) is 1.40. The van der Waals surface area contributed by atoms with E-state index >= 15 is 0 Å². The molecule has 4 heteroatoms. The highest BCUT2D eigenvalue weighted by molar-refractivity contribution is 5.77. The molecule has 0 aliphatic rings. The zero-order valence-electron chi connectivity index (χ0n) is 7.77. The number of aromatic nitrogens is 2. The van der Waals surface area contributed by atoms with Gasteiger partial charge in [-0.25, -0.2) is 4.98 Å². The predicted molar refractivity (Wildman–Crippen MR) is 52.0 cm³/mol. The van der Waals surface area contributed by atoms with Gasteiger partial charge in [-0.05, 0) is 12.1 Å². The second-order valence-corrected chi connectivity index (χ2v) is 2.85. The SMILES string of the molecule is COc1ccc2nccc(CO)c2n1. The smallest absolute Gasteiger partial charge is 0.213 e. The highest BCUT2D eigenvalue weighted by atomic mass is 16.5. The lowest BCUT2D eigenvalue weighted by atomic mass is 10.2. The van der Waals surface area contributed by atoms with Gasteiger partial charge in [0, 0.05) is 17.8 Å². The average molecular weight is 190 g/mol. The van der Waals surface area contributed by atoms with Crippen LogP contribution in [0.4, 0.5) is 0 Å². The van der Waals surface area contributed by atoms with Crippen LogP contribution in [0.5, 0.6) is 5.88 Å². The summed E-state index contributed by atoms with van der Waals surface area (Å²) in [5.74, 6) is 0.528. The number of aliphatic hydroxyl groups excluding tert-OH is 1. The summed E-state index contributed by atoms with van der Waals surface area (Å²) in [5, 5.41) is 9.09. The largest absolute Gasteiger partial charge is 0.481 e. The zero-order valence-corrected chi connectivity index (χ0v) is 7.77. The van der Waals surface area contributed by atoms with Gasteiger partial charge in [-0.3, -0.25) is 4.98 Å². The maximum atomic E-state index is 9.09. The molecule has 2 aromatic rings. The molecule has 1 N–H and O–H groups in total. The van der Waals surface area contributed by atoms with Crippen LogP contribution < -0.4 is 4.74 Å². The van der Waals surface area contributed by atoms with Crippen LogP contribution >= 0.6 is 0 Å². The standard InChI is InChI=1S/C10H10N2O2/c1-14-9-3-2-8-10(12-9)7(6-13)4-5-11-8/h2-5,13H,6H2,1H3. The lowest BCUT2D eigenvalue weighted by Crippen LogP contribution is -1.93. The maximum Gasteiger partial charge on any atom is 0.213 e. The van der Waals surface area contributed by atoms with Gasteiger partial charge in [0.2, 0.25) is 5.88 Å². The van der Waals surface area contributed by atoms with Gasteiger partial charge in [-0.1, -0.05) is 0 Å².